The Kier molecular flexibility index (Phi) is 4.06. The lowest BCUT2D eigenvalue weighted by molar-refractivity contribution is -0.141. The molecular formula is C10H7F5N2O. The van der Waals surface area contributed by atoms with Crippen molar-refractivity contribution in [3.05, 3.63) is 23.0 Å². The van der Waals surface area contributed by atoms with Crippen LogP contribution in [0.2, 0.25) is 0 Å². The van der Waals surface area contributed by atoms with Crippen molar-refractivity contribution in [2.45, 2.75) is 19.0 Å². The van der Waals surface area contributed by atoms with Gasteiger partial charge in [0.05, 0.1) is 30.9 Å². The highest BCUT2D eigenvalue weighted by molar-refractivity contribution is 5.41. The summed E-state index contributed by atoms with van der Waals surface area (Å²) in [6, 6.07) is 1.78. The van der Waals surface area contributed by atoms with Gasteiger partial charge in [0.25, 0.3) is 6.43 Å². The van der Waals surface area contributed by atoms with E-state index in [2.05, 4.69) is 9.72 Å². The van der Waals surface area contributed by atoms with Crippen LogP contribution in [-0.4, -0.2) is 12.1 Å². The summed E-state index contributed by atoms with van der Waals surface area (Å²) in [6.07, 6.45) is -8.56. The second-order valence-corrected chi connectivity index (χ2v) is 3.21. The average molecular weight is 266 g/mol. The van der Waals surface area contributed by atoms with Gasteiger partial charge < -0.3 is 4.74 Å². The van der Waals surface area contributed by atoms with Gasteiger partial charge in [-0.05, 0) is 6.07 Å². The number of halogens is 5. The lowest BCUT2D eigenvalue weighted by Crippen LogP contribution is -2.12. The van der Waals surface area contributed by atoms with E-state index >= 15 is 0 Å². The molecule has 0 unspecified atom stereocenters. The van der Waals surface area contributed by atoms with Gasteiger partial charge in [-0.2, -0.15) is 18.4 Å². The Balaban J connectivity index is 3.49. The lowest BCUT2D eigenvalue weighted by Gasteiger charge is -2.14. The van der Waals surface area contributed by atoms with Crippen molar-refractivity contribution >= 4 is 0 Å². The monoisotopic (exact) mass is 266 g/mol. The molecule has 0 radical (unpaired) electrons. The third-order valence-electron chi connectivity index (χ3n) is 2.05. The maximum Gasteiger partial charge on any atom is 0.433 e. The largest absolute Gasteiger partial charge is 0.494 e. The third kappa shape index (κ3) is 2.85. The Morgan fingerprint density at radius 1 is 1.44 bits per heavy atom. The fourth-order valence-electron chi connectivity index (χ4n) is 1.35. The molecule has 0 saturated carbocycles. The van der Waals surface area contributed by atoms with Crippen molar-refractivity contribution in [2.24, 2.45) is 0 Å². The molecule has 0 saturated heterocycles. The minimum Gasteiger partial charge on any atom is -0.494 e. The number of alkyl halides is 5. The molecule has 1 heterocycles. The van der Waals surface area contributed by atoms with Gasteiger partial charge in [0.1, 0.15) is 11.4 Å². The molecule has 1 aromatic rings. The first-order chi connectivity index (χ1) is 8.31. The van der Waals surface area contributed by atoms with Crippen LogP contribution in [0.4, 0.5) is 22.0 Å². The predicted molar refractivity (Wildman–Crippen MR) is 50.1 cm³/mol. The van der Waals surface area contributed by atoms with E-state index < -0.39 is 41.7 Å². The Bertz CT molecular complexity index is 478. The van der Waals surface area contributed by atoms with Crippen LogP contribution in [-0.2, 0) is 12.6 Å². The van der Waals surface area contributed by atoms with Crippen LogP contribution in [0, 0.1) is 11.3 Å². The van der Waals surface area contributed by atoms with E-state index in [1.54, 1.807) is 6.07 Å². The van der Waals surface area contributed by atoms with Crippen LogP contribution in [0.1, 0.15) is 23.4 Å². The van der Waals surface area contributed by atoms with Gasteiger partial charge in [-0.25, -0.2) is 13.8 Å². The molecule has 98 valence electrons. The van der Waals surface area contributed by atoms with Crippen LogP contribution >= 0.6 is 0 Å². The van der Waals surface area contributed by atoms with Crippen molar-refractivity contribution in [3.63, 3.8) is 0 Å². The summed E-state index contributed by atoms with van der Waals surface area (Å²) in [5.74, 6) is -0.487. The number of hydrogen-bond donors (Lipinski definition) is 0. The topological polar surface area (TPSA) is 45.9 Å². The molecule has 0 bridgehead atoms. The zero-order chi connectivity index (χ0) is 13.9. The SMILES string of the molecule is COc1c(C(F)F)cc(C(F)(F)F)nc1CC#N. The smallest absolute Gasteiger partial charge is 0.433 e. The maximum absolute atomic E-state index is 12.6. The van der Waals surface area contributed by atoms with E-state index in [1.807, 2.05) is 0 Å². The van der Waals surface area contributed by atoms with Gasteiger partial charge >= 0.3 is 6.18 Å². The second-order valence-electron chi connectivity index (χ2n) is 3.21. The van der Waals surface area contributed by atoms with E-state index in [9.17, 15) is 22.0 Å². The van der Waals surface area contributed by atoms with Crippen LogP contribution in [0.25, 0.3) is 0 Å². The zero-order valence-corrected chi connectivity index (χ0v) is 9.05. The van der Waals surface area contributed by atoms with E-state index in [0.29, 0.717) is 0 Å². The zero-order valence-electron chi connectivity index (χ0n) is 9.05. The molecule has 1 aromatic heterocycles. The fourth-order valence-corrected chi connectivity index (χ4v) is 1.35. The van der Waals surface area contributed by atoms with Crippen molar-refractivity contribution in [3.8, 4) is 11.8 Å². The Morgan fingerprint density at radius 3 is 2.44 bits per heavy atom. The maximum atomic E-state index is 12.6. The van der Waals surface area contributed by atoms with E-state index in [-0.39, 0.29) is 6.07 Å². The standard InChI is InChI=1S/C10H7F5N2O/c1-18-8-5(9(11)12)4-7(10(13,14)15)17-6(8)2-3-16/h4,9H,2H2,1H3. The first-order valence-electron chi connectivity index (χ1n) is 4.61. The Morgan fingerprint density at radius 2 is 2.06 bits per heavy atom. The summed E-state index contributed by atoms with van der Waals surface area (Å²) in [5, 5.41) is 8.45. The average Bonchev–Trinajstić information content (AvgIpc) is 2.27. The lowest BCUT2D eigenvalue weighted by atomic mass is 10.1. The van der Waals surface area contributed by atoms with Crippen molar-refractivity contribution in [2.75, 3.05) is 7.11 Å². The van der Waals surface area contributed by atoms with Gasteiger partial charge in [0, 0.05) is 0 Å². The minimum atomic E-state index is -4.86. The highest BCUT2D eigenvalue weighted by Crippen LogP contribution is 2.37. The number of methoxy groups -OCH3 is 1. The fraction of sp³-hybridized carbons (Fsp3) is 0.400. The molecule has 0 N–H and O–H groups in total. The highest BCUT2D eigenvalue weighted by atomic mass is 19.4. The van der Waals surface area contributed by atoms with Gasteiger partial charge in [0.15, 0.2) is 0 Å². The van der Waals surface area contributed by atoms with Crippen LogP contribution in [0.3, 0.4) is 0 Å². The normalized spacial score (nSPS) is 11.4. The number of hydrogen-bond acceptors (Lipinski definition) is 3. The Hall–Kier alpha value is -1.91. The highest BCUT2D eigenvalue weighted by Gasteiger charge is 2.35. The molecular weight excluding hydrogens is 259 g/mol. The summed E-state index contributed by atoms with van der Waals surface area (Å²) < 4.78 is 67.3. The number of nitrogens with zero attached hydrogens (tertiary/aromatic N) is 2. The summed E-state index contributed by atoms with van der Waals surface area (Å²) in [5.41, 5.74) is -2.85. The van der Waals surface area contributed by atoms with Crippen molar-refractivity contribution in [1.29, 1.82) is 5.26 Å². The summed E-state index contributed by atoms with van der Waals surface area (Å²) in [4.78, 5) is 3.14. The molecule has 8 heteroatoms. The third-order valence-corrected chi connectivity index (χ3v) is 2.05. The number of pyridine rings is 1. The number of rotatable bonds is 3. The van der Waals surface area contributed by atoms with Crippen molar-refractivity contribution < 1.29 is 26.7 Å². The molecule has 3 nitrogen and oxygen atoms in total. The van der Waals surface area contributed by atoms with E-state index in [4.69, 9.17) is 5.26 Å². The summed E-state index contributed by atoms with van der Waals surface area (Å²) in [6.45, 7) is 0. The minimum absolute atomic E-state index is 0.227. The first-order valence-corrected chi connectivity index (χ1v) is 4.61. The molecule has 0 aliphatic carbocycles. The molecule has 18 heavy (non-hydrogen) atoms. The molecule has 0 spiro atoms. The van der Waals surface area contributed by atoms with Gasteiger partial charge in [-0.3, -0.25) is 0 Å². The van der Waals surface area contributed by atoms with Gasteiger partial charge in [-0.1, -0.05) is 0 Å². The van der Waals surface area contributed by atoms with Crippen LogP contribution < -0.4 is 4.74 Å². The predicted octanol–water partition coefficient (Wildman–Crippen LogP) is 3.11. The Labute approximate surface area is 98.8 Å². The quantitative estimate of drug-likeness (QED) is 0.789. The first kappa shape index (κ1) is 14.2. The van der Waals surface area contributed by atoms with E-state index in [1.165, 1.54) is 0 Å². The van der Waals surface area contributed by atoms with Gasteiger partial charge in [-0.15, -0.1) is 0 Å². The van der Waals surface area contributed by atoms with Gasteiger partial charge in [0.2, 0.25) is 0 Å². The number of nitriles is 1. The summed E-state index contributed by atoms with van der Waals surface area (Å²) >= 11 is 0. The molecule has 0 aliphatic rings. The molecule has 0 aliphatic heterocycles. The van der Waals surface area contributed by atoms with E-state index in [0.717, 1.165) is 7.11 Å². The molecule has 0 aromatic carbocycles. The molecule has 0 amide bonds. The molecule has 1 rings (SSSR count). The van der Waals surface area contributed by atoms with Crippen LogP contribution in [0.5, 0.6) is 5.75 Å². The van der Waals surface area contributed by atoms with Crippen LogP contribution in [0.15, 0.2) is 6.07 Å². The second kappa shape index (κ2) is 5.16. The number of ether oxygens (including phenoxy) is 1. The molecule has 0 atom stereocenters. The molecule has 0 fully saturated rings. The number of aromatic nitrogens is 1. The van der Waals surface area contributed by atoms with Crippen molar-refractivity contribution in [1.82, 2.24) is 4.98 Å². The summed E-state index contributed by atoms with van der Waals surface area (Å²) in [7, 11) is 1.02.